The molecule has 0 aliphatic rings. The van der Waals surface area contributed by atoms with Crippen molar-refractivity contribution in [2.45, 2.75) is 25.3 Å². The van der Waals surface area contributed by atoms with Crippen LogP contribution in [0.5, 0.6) is 0 Å². The van der Waals surface area contributed by atoms with E-state index >= 15 is 0 Å². The Morgan fingerprint density at radius 2 is 2.24 bits per heavy atom. The molecule has 1 atom stereocenters. The van der Waals surface area contributed by atoms with Crippen molar-refractivity contribution in [2.75, 3.05) is 6.54 Å². The highest BCUT2D eigenvalue weighted by Gasteiger charge is 2.17. The highest BCUT2D eigenvalue weighted by molar-refractivity contribution is 7.89. The first-order valence-corrected chi connectivity index (χ1v) is 8.34. The first kappa shape index (κ1) is 15.9. The molecule has 8 heteroatoms. The molecule has 0 amide bonds. The van der Waals surface area contributed by atoms with E-state index in [1.54, 1.807) is 17.8 Å². The number of rotatable bonds is 6. The number of aryl methyl sites for hydroxylation is 1. The average molecular weight is 329 g/mol. The third-order valence-corrected chi connectivity index (χ3v) is 4.77. The quantitative estimate of drug-likeness (QED) is 0.821. The van der Waals surface area contributed by atoms with Crippen molar-refractivity contribution in [3.63, 3.8) is 0 Å². The summed E-state index contributed by atoms with van der Waals surface area (Å²) in [6.07, 6.45) is 4.80. The molecule has 1 N–H and O–H groups in total. The molecule has 0 saturated carbocycles. The Hall–Kier alpha value is -1.44. The first-order chi connectivity index (χ1) is 9.88. The molecule has 21 heavy (non-hydrogen) atoms. The van der Waals surface area contributed by atoms with Crippen molar-refractivity contribution in [1.82, 2.24) is 19.5 Å². The van der Waals surface area contributed by atoms with Crippen molar-refractivity contribution in [3.8, 4) is 0 Å². The van der Waals surface area contributed by atoms with Gasteiger partial charge >= 0.3 is 0 Å². The Kier molecular flexibility index (Phi) is 4.97. The molecule has 0 aliphatic heterocycles. The molecule has 2 aromatic rings. The van der Waals surface area contributed by atoms with Crippen molar-refractivity contribution >= 4 is 21.6 Å². The van der Waals surface area contributed by atoms with Crippen molar-refractivity contribution in [3.05, 3.63) is 41.4 Å². The Balaban J connectivity index is 1.99. The molecule has 0 saturated heterocycles. The van der Waals surface area contributed by atoms with Gasteiger partial charge in [-0.05, 0) is 30.5 Å². The number of nitrogens with zero attached hydrogens (tertiary/aromatic N) is 3. The Labute approximate surface area is 129 Å². The van der Waals surface area contributed by atoms with E-state index in [-0.39, 0.29) is 10.8 Å². The normalized spacial score (nSPS) is 13.3. The van der Waals surface area contributed by atoms with Gasteiger partial charge in [-0.25, -0.2) is 18.1 Å². The lowest BCUT2D eigenvalue weighted by atomic mass is 10.2. The van der Waals surface area contributed by atoms with Crippen LogP contribution in [0.15, 0.2) is 35.6 Å². The van der Waals surface area contributed by atoms with E-state index in [0.717, 1.165) is 0 Å². The molecular formula is C13H17ClN4O2S. The minimum Gasteiger partial charge on any atom is -0.272 e. The summed E-state index contributed by atoms with van der Waals surface area (Å²) in [7, 11) is -3.57. The first-order valence-electron chi connectivity index (χ1n) is 6.48. The van der Waals surface area contributed by atoms with Crippen LogP contribution in [-0.2, 0) is 16.6 Å². The second kappa shape index (κ2) is 6.55. The molecule has 0 bridgehead atoms. The second-order valence-corrected chi connectivity index (χ2v) is 7.09. The lowest BCUT2D eigenvalue weighted by molar-refractivity contribution is 0.443. The average Bonchev–Trinajstić information content (AvgIpc) is 2.92. The largest absolute Gasteiger partial charge is 0.272 e. The Morgan fingerprint density at radius 3 is 2.86 bits per heavy atom. The maximum atomic E-state index is 12.2. The third kappa shape index (κ3) is 4.26. The summed E-state index contributed by atoms with van der Waals surface area (Å²) < 4.78 is 28.7. The van der Waals surface area contributed by atoms with Crippen LogP contribution >= 0.6 is 11.6 Å². The minimum atomic E-state index is -3.57. The van der Waals surface area contributed by atoms with E-state index in [2.05, 4.69) is 14.8 Å². The fourth-order valence-electron chi connectivity index (χ4n) is 1.81. The van der Waals surface area contributed by atoms with Crippen LogP contribution in [0.25, 0.3) is 0 Å². The number of hydrogen-bond donors (Lipinski definition) is 1. The number of aromatic nitrogens is 3. The van der Waals surface area contributed by atoms with Gasteiger partial charge in [0, 0.05) is 31.7 Å². The summed E-state index contributed by atoms with van der Waals surface area (Å²) in [6, 6.07) is 3.34. The maximum absolute atomic E-state index is 12.2. The van der Waals surface area contributed by atoms with Crippen LogP contribution in [0, 0.1) is 12.8 Å². The van der Waals surface area contributed by atoms with Gasteiger partial charge in [-0.2, -0.15) is 5.10 Å². The molecule has 0 fully saturated rings. The molecule has 0 radical (unpaired) electrons. The van der Waals surface area contributed by atoms with Gasteiger partial charge in [-0.3, -0.25) is 4.68 Å². The van der Waals surface area contributed by atoms with Crippen molar-refractivity contribution in [2.24, 2.45) is 5.92 Å². The van der Waals surface area contributed by atoms with E-state index in [9.17, 15) is 8.42 Å². The fourth-order valence-corrected chi connectivity index (χ4v) is 3.10. The summed E-state index contributed by atoms with van der Waals surface area (Å²) >= 11 is 5.80. The molecule has 114 valence electrons. The van der Waals surface area contributed by atoms with Crippen LogP contribution < -0.4 is 4.72 Å². The van der Waals surface area contributed by atoms with Crippen LogP contribution in [0.3, 0.4) is 0 Å². The van der Waals surface area contributed by atoms with Gasteiger partial charge in [0.25, 0.3) is 0 Å². The summed E-state index contributed by atoms with van der Waals surface area (Å²) in [6.45, 7) is 4.64. The van der Waals surface area contributed by atoms with Crippen LogP contribution in [0.1, 0.15) is 12.5 Å². The molecule has 6 nitrogen and oxygen atoms in total. The van der Waals surface area contributed by atoms with Gasteiger partial charge in [0.05, 0.1) is 0 Å². The monoisotopic (exact) mass is 328 g/mol. The second-order valence-electron chi connectivity index (χ2n) is 4.96. The van der Waals surface area contributed by atoms with Gasteiger partial charge in [0.2, 0.25) is 10.0 Å². The lowest BCUT2D eigenvalue weighted by Gasteiger charge is -2.13. The van der Waals surface area contributed by atoms with E-state index in [4.69, 9.17) is 11.6 Å². The fraction of sp³-hybridized carbons (Fsp3) is 0.385. The number of nitrogens with one attached hydrogen (secondary N) is 1. The van der Waals surface area contributed by atoms with Crippen molar-refractivity contribution < 1.29 is 8.42 Å². The number of sulfonamides is 1. The third-order valence-electron chi connectivity index (χ3n) is 2.98. The molecule has 2 aromatic heterocycles. The predicted octanol–water partition coefficient (Wildman–Crippen LogP) is 1.85. The van der Waals surface area contributed by atoms with Crippen LogP contribution in [0.4, 0.5) is 0 Å². The molecular weight excluding hydrogens is 312 g/mol. The molecule has 2 heterocycles. The number of halogens is 1. The van der Waals surface area contributed by atoms with Gasteiger partial charge in [0.1, 0.15) is 10.0 Å². The number of pyridine rings is 1. The van der Waals surface area contributed by atoms with Crippen LogP contribution in [-0.4, -0.2) is 29.7 Å². The SMILES string of the molecule is Cc1cc(S(=O)(=O)NCC(C)Cn2cccn2)cnc1Cl. The zero-order valence-electron chi connectivity index (χ0n) is 11.8. The van der Waals surface area contributed by atoms with E-state index in [1.807, 2.05) is 19.2 Å². The molecule has 1 unspecified atom stereocenters. The highest BCUT2D eigenvalue weighted by atomic mass is 35.5. The summed E-state index contributed by atoms with van der Waals surface area (Å²) in [5, 5.41) is 4.40. The Morgan fingerprint density at radius 1 is 1.48 bits per heavy atom. The van der Waals surface area contributed by atoms with Crippen LogP contribution in [0.2, 0.25) is 5.15 Å². The summed E-state index contributed by atoms with van der Waals surface area (Å²) in [5.41, 5.74) is 0.629. The molecule has 0 aromatic carbocycles. The van der Waals surface area contributed by atoms with E-state index in [0.29, 0.717) is 23.8 Å². The minimum absolute atomic E-state index is 0.112. The predicted molar refractivity (Wildman–Crippen MR) is 80.6 cm³/mol. The van der Waals surface area contributed by atoms with Gasteiger partial charge < -0.3 is 0 Å². The molecule has 0 aliphatic carbocycles. The van der Waals surface area contributed by atoms with Gasteiger partial charge in [-0.15, -0.1) is 0 Å². The summed E-state index contributed by atoms with van der Waals surface area (Å²) in [4.78, 5) is 3.99. The molecule has 0 spiro atoms. The number of hydrogen-bond acceptors (Lipinski definition) is 4. The smallest absolute Gasteiger partial charge is 0.242 e. The van der Waals surface area contributed by atoms with Gasteiger partial charge in [-0.1, -0.05) is 18.5 Å². The summed E-state index contributed by atoms with van der Waals surface area (Å²) in [5.74, 6) is 0.112. The van der Waals surface area contributed by atoms with E-state index < -0.39 is 10.0 Å². The van der Waals surface area contributed by atoms with E-state index in [1.165, 1.54) is 12.3 Å². The van der Waals surface area contributed by atoms with Crippen molar-refractivity contribution in [1.29, 1.82) is 0 Å². The molecule has 2 rings (SSSR count). The zero-order chi connectivity index (χ0) is 15.5. The maximum Gasteiger partial charge on any atom is 0.242 e. The standard InChI is InChI=1S/C13H17ClN4O2S/c1-10(9-18-5-3-4-16-18)7-17-21(19,20)12-6-11(2)13(14)15-8-12/h3-6,8,10,17H,7,9H2,1-2H3. The van der Waals surface area contributed by atoms with Gasteiger partial charge in [0.15, 0.2) is 0 Å². The topological polar surface area (TPSA) is 76.9 Å². The highest BCUT2D eigenvalue weighted by Crippen LogP contribution is 2.16. The zero-order valence-corrected chi connectivity index (χ0v) is 13.4. The Bertz CT molecular complexity index is 701. The lowest BCUT2D eigenvalue weighted by Crippen LogP contribution is -2.30.